The fraction of sp³-hybridized carbons (Fsp3) is 0.479. The minimum atomic E-state index is 0.500. The van der Waals surface area contributed by atoms with Crippen molar-refractivity contribution < 1.29 is 0 Å². The SMILES string of the molecule is C1=CCC=C1.C1=Cc2ccccc2C1.C1=c2ccccc2=CC1.CC(C)(C)C.CC(C)(C)C.CC(C)(C)C.CC(C)(C)C.c1ccncc1. The van der Waals surface area contributed by atoms with Gasteiger partial charge in [0.15, 0.2) is 0 Å². The van der Waals surface area contributed by atoms with Gasteiger partial charge in [-0.2, -0.15) is 0 Å². The second kappa shape index (κ2) is 25.5. The van der Waals surface area contributed by atoms with E-state index in [4.69, 9.17) is 0 Å². The quantitative estimate of drug-likeness (QED) is 0.233. The smallest absolute Gasteiger partial charge is 0.0267 e. The van der Waals surface area contributed by atoms with E-state index in [0.717, 1.165) is 19.3 Å². The van der Waals surface area contributed by atoms with Gasteiger partial charge in [-0.3, -0.25) is 4.98 Å². The number of hydrogen-bond acceptors (Lipinski definition) is 1. The number of aromatic nitrogens is 1. The van der Waals surface area contributed by atoms with Gasteiger partial charge in [-0.1, -0.05) is 214 Å². The van der Waals surface area contributed by atoms with Crippen molar-refractivity contribution in [3.8, 4) is 0 Å². The summed E-state index contributed by atoms with van der Waals surface area (Å²) in [5.41, 5.74) is 4.84. The topological polar surface area (TPSA) is 12.9 Å². The van der Waals surface area contributed by atoms with E-state index in [9.17, 15) is 0 Å². The van der Waals surface area contributed by atoms with Gasteiger partial charge in [-0.25, -0.2) is 0 Å². The van der Waals surface area contributed by atoms with Gasteiger partial charge < -0.3 is 0 Å². The summed E-state index contributed by atoms with van der Waals surface area (Å²) < 4.78 is 0. The average molecular weight is 666 g/mol. The fourth-order valence-corrected chi connectivity index (χ4v) is 3.10. The molecule has 0 amide bonds. The minimum Gasteiger partial charge on any atom is -0.265 e. The van der Waals surface area contributed by atoms with Crippen LogP contribution >= 0.6 is 0 Å². The highest BCUT2D eigenvalue weighted by atomic mass is 14.6. The number of hydrogen-bond donors (Lipinski definition) is 0. The van der Waals surface area contributed by atoms with E-state index in [1.807, 2.05) is 18.2 Å². The first-order chi connectivity index (χ1) is 22.4. The number of pyridine rings is 1. The van der Waals surface area contributed by atoms with Gasteiger partial charge in [0, 0.05) is 12.4 Å². The summed E-state index contributed by atoms with van der Waals surface area (Å²) in [7, 11) is 0. The predicted molar refractivity (Wildman–Crippen MR) is 226 cm³/mol. The van der Waals surface area contributed by atoms with Gasteiger partial charge in [-0.15, -0.1) is 0 Å². The van der Waals surface area contributed by atoms with E-state index in [0.29, 0.717) is 21.7 Å². The van der Waals surface area contributed by atoms with E-state index in [1.54, 1.807) is 12.4 Å². The summed E-state index contributed by atoms with van der Waals surface area (Å²) in [6, 6.07) is 22.7. The molecule has 1 nitrogen and oxygen atoms in total. The monoisotopic (exact) mass is 666 g/mol. The number of benzene rings is 2. The van der Waals surface area contributed by atoms with Gasteiger partial charge in [0.05, 0.1) is 0 Å². The second-order valence-electron chi connectivity index (χ2n) is 18.7. The van der Waals surface area contributed by atoms with Crippen LogP contribution in [-0.2, 0) is 6.42 Å². The van der Waals surface area contributed by atoms with E-state index in [1.165, 1.54) is 21.6 Å². The summed E-state index contributed by atoms with van der Waals surface area (Å²) in [4.78, 5) is 3.78. The van der Waals surface area contributed by atoms with Crippen molar-refractivity contribution in [2.24, 2.45) is 21.7 Å². The highest BCUT2D eigenvalue weighted by Crippen LogP contribution is 2.17. The number of fused-ring (bicyclic) bond motifs is 2. The lowest BCUT2D eigenvalue weighted by molar-refractivity contribution is 0.469. The van der Waals surface area contributed by atoms with Crippen LogP contribution in [0.4, 0.5) is 0 Å². The maximum Gasteiger partial charge on any atom is 0.0267 e. The first-order valence-corrected chi connectivity index (χ1v) is 18.1. The number of rotatable bonds is 0. The number of nitrogens with zero attached hydrogens (tertiary/aromatic N) is 1. The van der Waals surface area contributed by atoms with Crippen molar-refractivity contribution in [3.05, 3.63) is 131 Å². The standard InChI is InChI=1S/2C9H8.C5H5N.C5H6.4C5H12/c2*1-2-5-9-7-3-6-8(9)4-1;1-2-4-6-5-3-1;1-2-4-5-3-1;4*1-5(2,3)4/h1-2,4-7H,3H2;1-6H,7H2;1-5H;1-4H,5H2;4*1-4H3. The van der Waals surface area contributed by atoms with Crippen LogP contribution in [0.3, 0.4) is 0 Å². The predicted octanol–water partition coefficient (Wildman–Crippen LogP) is 13.7. The Hall–Kier alpha value is -3.45. The highest BCUT2D eigenvalue weighted by Gasteiger charge is 2.00. The second-order valence-corrected chi connectivity index (χ2v) is 18.7. The van der Waals surface area contributed by atoms with E-state index in [2.05, 4.69) is 213 Å². The molecule has 272 valence electrons. The molecule has 0 saturated carbocycles. The Balaban J connectivity index is 0. The van der Waals surface area contributed by atoms with E-state index >= 15 is 0 Å². The van der Waals surface area contributed by atoms with Crippen molar-refractivity contribution in [2.75, 3.05) is 0 Å². The Kier molecular flexibility index (Phi) is 24.8. The average Bonchev–Trinajstić information content (AvgIpc) is 3.75. The van der Waals surface area contributed by atoms with Crippen LogP contribution in [0.1, 0.15) is 135 Å². The van der Waals surface area contributed by atoms with Crippen molar-refractivity contribution in [1.29, 1.82) is 0 Å². The molecule has 1 heteroatoms. The Morgan fingerprint density at radius 1 is 0.429 bits per heavy atom. The maximum absolute atomic E-state index is 3.78. The van der Waals surface area contributed by atoms with Crippen molar-refractivity contribution in [2.45, 2.75) is 130 Å². The molecular formula is C48H75N. The minimum absolute atomic E-state index is 0.500. The van der Waals surface area contributed by atoms with Gasteiger partial charge >= 0.3 is 0 Å². The van der Waals surface area contributed by atoms with Crippen molar-refractivity contribution in [1.82, 2.24) is 4.98 Å². The van der Waals surface area contributed by atoms with Crippen molar-refractivity contribution >= 4 is 18.2 Å². The molecule has 0 bridgehead atoms. The Labute approximate surface area is 305 Å². The summed E-state index contributed by atoms with van der Waals surface area (Å²) in [5, 5.41) is 2.77. The molecule has 1 heterocycles. The van der Waals surface area contributed by atoms with Gasteiger partial charge in [0.2, 0.25) is 0 Å². The third kappa shape index (κ3) is 46.7. The molecular weight excluding hydrogens is 591 g/mol. The molecule has 0 fully saturated rings. The lowest BCUT2D eigenvalue weighted by atomic mass is 10.0. The molecule has 0 atom stereocenters. The zero-order valence-corrected chi connectivity index (χ0v) is 34.7. The first kappa shape index (κ1) is 47.7. The Bertz CT molecular complexity index is 1280. The van der Waals surface area contributed by atoms with Gasteiger partial charge in [0.25, 0.3) is 0 Å². The molecule has 3 aliphatic rings. The van der Waals surface area contributed by atoms with Crippen LogP contribution in [0.2, 0.25) is 0 Å². The third-order valence-electron chi connectivity index (χ3n) is 4.58. The molecule has 0 saturated heterocycles. The van der Waals surface area contributed by atoms with Crippen LogP contribution in [0.25, 0.3) is 18.2 Å². The molecule has 49 heavy (non-hydrogen) atoms. The zero-order chi connectivity index (χ0) is 38.0. The molecule has 3 aliphatic carbocycles. The molecule has 0 N–H and O–H groups in total. The zero-order valence-electron chi connectivity index (χ0n) is 34.7. The molecule has 0 unspecified atom stereocenters. The van der Waals surface area contributed by atoms with Gasteiger partial charge in [0.1, 0.15) is 0 Å². The fourth-order valence-electron chi connectivity index (χ4n) is 3.10. The molecule has 0 spiro atoms. The molecule has 6 rings (SSSR count). The van der Waals surface area contributed by atoms with Crippen LogP contribution < -0.4 is 10.4 Å². The summed E-state index contributed by atoms with van der Waals surface area (Å²) in [6.45, 7) is 35.0. The third-order valence-corrected chi connectivity index (χ3v) is 4.58. The lowest BCUT2D eigenvalue weighted by Gasteiger charge is -2.05. The number of allylic oxidation sites excluding steroid dienone is 5. The summed E-state index contributed by atoms with van der Waals surface area (Å²) in [6.07, 6.45) is 24.1. The van der Waals surface area contributed by atoms with E-state index < -0.39 is 0 Å². The van der Waals surface area contributed by atoms with Crippen molar-refractivity contribution in [3.63, 3.8) is 0 Å². The highest BCUT2D eigenvalue weighted by molar-refractivity contribution is 5.59. The van der Waals surface area contributed by atoms with Crippen LogP contribution in [-0.4, -0.2) is 4.98 Å². The maximum atomic E-state index is 3.78. The largest absolute Gasteiger partial charge is 0.265 e. The first-order valence-electron chi connectivity index (χ1n) is 18.1. The van der Waals surface area contributed by atoms with Crippen LogP contribution in [0, 0.1) is 21.7 Å². The molecule has 2 aromatic carbocycles. The molecule has 0 radical (unpaired) electrons. The summed E-state index contributed by atoms with van der Waals surface area (Å²) >= 11 is 0. The van der Waals surface area contributed by atoms with Crippen LogP contribution in [0.5, 0.6) is 0 Å². The normalized spacial score (nSPS) is 12.7. The Morgan fingerprint density at radius 3 is 1.12 bits per heavy atom. The lowest BCUT2D eigenvalue weighted by Crippen LogP contribution is -2.19. The molecule has 1 aromatic heterocycles. The summed E-state index contributed by atoms with van der Waals surface area (Å²) in [5.74, 6) is 0. The van der Waals surface area contributed by atoms with E-state index in [-0.39, 0.29) is 0 Å². The van der Waals surface area contributed by atoms with Gasteiger partial charge in [-0.05, 0) is 74.6 Å². The molecule has 3 aromatic rings. The Morgan fingerprint density at radius 2 is 0.816 bits per heavy atom. The molecule has 0 aliphatic heterocycles. The van der Waals surface area contributed by atoms with Crippen LogP contribution in [0.15, 0.2) is 110 Å².